The van der Waals surface area contributed by atoms with E-state index in [-0.39, 0.29) is 42.4 Å². The Morgan fingerprint density at radius 2 is 1.79 bits per heavy atom. The van der Waals surface area contributed by atoms with Crippen molar-refractivity contribution in [3.63, 3.8) is 0 Å². The minimum atomic E-state index is -4.18. The van der Waals surface area contributed by atoms with Crippen LogP contribution in [-0.2, 0) is 23.4 Å². The molecule has 1 unspecified atom stereocenters. The fourth-order valence-corrected chi connectivity index (χ4v) is 1.15. The molecule has 1 atom stereocenters. The molecule has 8 heteroatoms. The van der Waals surface area contributed by atoms with Crippen molar-refractivity contribution < 1.29 is 57.9 Å². The van der Waals surface area contributed by atoms with E-state index < -0.39 is 19.1 Å². The van der Waals surface area contributed by atoms with Crippen LogP contribution in [0, 0.1) is 0 Å². The van der Waals surface area contributed by atoms with Crippen molar-refractivity contribution in [2.45, 2.75) is 12.8 Å². The normalized spacial score (nSPS) is 13.6. The van der Waals surface area contributed by atoms with E-state index >= 15 is 0 Å². The molecule has 0 radical (unpaired) electrons. The molecule has 14 heavy (non-hydrogen) atoms. The largest absolute Gasteiger partial charge is 1.00 e. The second-order valence-electron chi connectivity index (χ2n) is 2.17. The van der Waals surface area contributed by atoms with Crippen LogP contribution in [0.25, 0.3) is 0 Å². The first-order valence-corrected chi connectivity index (χ1v) is 5.00. The Balaban J connectivity index is 0. The van der Waals surface area contributed by atoms with Crippen LogP contribution in [0.1, 0.15) is 12.8 Å². The Labute approximate surface area is 104 Å². The first kappa shape index (κ1) is 16.7. The van der Waals surface area contributed by atoms with Gasteiger partial charge in [-0.15, -0.1) is 0 Å². The first-order chi connectivity index (χ1) is 5.94. The molecule has 0 fully saturated rings. The Morgan fingerprint density at radius 1 is 1.29 bits per heavy atom. The smallest absolute Gasteiger partial charge is 0.469 e. The third kappa shape index (κ3) is 5.90. The van der Waals surface area contributed by atoms with Gasteiger partial charge in [-0.05, 0) is 0 Å². The van der Waals surface area contributed by atoms with Gasteiger partial charge in [0, 0.05) is 13.5 Å². The van der Waals surface area contributed by atoms with Crippen LogP contribution in [0.4, 0.5) is 0 Å². The molecule has 0 bridgehead atoms. The summed E-state index contributed by atoms with van der Waals surface area (Å²) >= 11 is 0. The molecule has 1 N–H and O–H groups in total. The zero-order valence-corrected chi connectivity index (χ0v) is 11.2. The second kappa shape index (κ2) is 7.56. The van der Waals surface area contributed by atoms with Crippen LogP contribution < -0.4 is 29.6 Å². The van der Waals surface area contributed by atoms with Gasteiger partial charge in [-0.1, -0.05) is 0 Å². The number of rotatable bonds is 5. The number of carbonyl (C=O) groups is 2. The number of carbonyl (C=O) groups excluding carboxylic acids is 2. The molecule has 0 aliphatic carbocycles. The Bertz CT molecular complexity index is 253. The summed E-state index contributed by atoms with van der Waals surface area (Å²) in [6, 6.07) is 0. The van der Waals surface area contributed by atoms with Crippen molar-refractivity contribution in [3.8, 4) is 0 Å². The summed E-state index contributed by atoms with van der Waals surface area (Å²) in [5, 5.41) is 0. The summed E-state index contributed by atoms with van der Waals surface area (Å²) in [6.07, 6.45) is -0.572. The van der Waals surface area contributed by atoms with Crippen LogP contribution in [0.5, 0.6) is 0 Å². The average molecular weight is 233 g/mol. The average Bonchev–Trinajstić information content (AvgIpc) is 2.13. The predicted octanol–water partition coefficient (Wildman–Crippen LogP) is -2.70. The van der Waals surface area contributed by atoms with E-state index in [1.165, 1.54) is 7.11 Å². The van der Waals surface area contributed by atoms with Crippen molar-refractivity contribution in [3.05, 3.63) is 0 Å². The van der Waals surface area contributed by atoms with E-state index in [1.54, 1.807) is 0 Å². The summed E-state index contributed by atoms with van der Waals surface area (Å²) in [7, 11) is -2.05. The molecule has 0 amide bonds. The maximum Gasteiger partial charge on any atom is 1.00 e. The van der Waals surface area contributed by atoms with Crippen LogP contribution in [-0.4, -0.2) is 30.6 Å². The summed E-state index contributed by atoms with van der Waals surface area (Å²) in [5.41, 5.74) is -0.986. The molecular formula is C6H11NaO6P+. The molecule has 0 saturated carbocycles. The third-order valence-electron chi connectivity index (χ3n) is 1.33. The molecule has 0 aromatic heterocycles. The second-order valence-corrected chi connectivity index (χ2v) is 4.08. The van der Waals surface area contributed by atoms with E-state index in [2.05, 4.69) is 9.26 Å². The Hall–Kier alpha value is 0.290. The van der Waals surface area contributed by atoms with Crippen LogP contribution in [0.15, 0.2) is 0 Å². The monoisotopic (exact) mass is 233 g/mol. The number of hydrogen-bond donors (Lipinski definition) is 1. The molecule has 0 heterocycles. The summed E-state index contributed by atoms with van der Waals surface area (Å²) < 4.78 is 19.1. The van der Waals surface area contributed by atoms with Gasteiger partial charge in [0.1, 0.15) is 0 Å². The van der Waals surface area contributed by atoms with Gasteiger partial charge in [0.15, 0.2) is 0 Å². The van der Waals surface area contributed by atoms with Gasteiger partial charge in [-0.2, -0.15) is 0 Å². The Kier molecular flexibility index (Phi) is 9.03. The van der Waals surface area contributed by atoms with Gasteiger partial charge in [-0.3, -0.25) is 14.2 Å². The minimum absolute atomic E-state index is 0. The standard InChI is InChI=1S/C6H11O6P.Na/c1-11-5(7)3-4-6(8)13(9,10)12-2;/h3-4H2,1-2H3,(H,9,10);/q;+1. The molecule has 6 nitrogen and oxygen atoms in total. The van der Waals surface area contributed by atoms with Gasteiger partial charge in [0.25, 0.3) is 0 Å². The predicted molar refractivity (Wildman–Crippen MR) is 43.1 cm³/mol. The molecule has 0 aliphatic rings. The van der Waals surface area contributed by atoms with Crippen LogP contribution >= 0.6 is 7.60 Å². The quantitative estimate of drug-likeness (QED) is 0.316. The summed E-state index contributed by atoms with van der Waals surface area (Å²) in [6.45, 7) is 0. The molecule has 0 saturated heterocycles. The SMILES string of the molecule is COC(=O)CCC(=O)P(=O)(O)OC.[Na+]. The fraction of sp³-hybridized carbons (Fsp3) is 0.667. The summed E-state index contributed by atoms with van der Waals surface area (Å²) in [5.74, 6) is -0.607. The Morgan fingerprint density at radius 3 is 2.14 bits per heavy atom. The minimum Gasteiger partial charge on any atom is -0.469 e. The first-order valence-electron chi connectivity index (χ1n) is 3.42. The molecule has 0 aliphatic heterocycles. The number of hydrogen-bond acceptors (Lipinski definition) is 5. The molecule has 0 spiro atoms. The molecule has 0 aromatic rings. The van der Waals surface area contributed by atoms with Gasteiger partial charge in [-0.25, -0.2) is 0 Å². The molecule has 76 valence electrons. The topological polar surface area (TPSA) is 89.9 Å². The van der Waals surface area contributed by atoms with Crippen molar-refractivity contribution in [1.29, 1.82) is 0 Å². The third-order valence-corrected chi connectivity index (χ3v) is 2.68. The van der Waals surface area contributed by atoms with E-state index in [0.717, 1.165) is 7.11 Å². The summed E-state index contributed by atoms with van der Waals surface area (Å²) in [4.78, 5) is 30.2. The van der Waals surface area contributed by atoms with Crippen molar-refractivity contribution in [2.24, 2.45) is 0 Å². The zero-order chi connectivity index (χ0) is 10.5. The van der Waals surface area contributed by atoms with E-state index in [0.29, 0.717) is 0 Å². The van der Waals surface area contributed by atoms with Crippen molar-refractivity contribution in [1.82, 2.24) is 0 Å². The van der Waals surface area contributed by atoms with Gasteiger partial charge < -0.3 is 14.2 Å². The molecule has 0 aromatic carbocycles. The van der Waals surface area contributed by atoms with Gasteiger partial charge >= 0.3 is 43.1 Å². The van der Waals surface area contributed by atoms with E-state index in [9.17, 15) is 14.2 Å². The fourth-order valence-electron chi connectivity index (χ4n) is 0.554. The van der Waals surface area contributed by atoms with Gasteiger partial charge in [0.2, 0.25) is 5.52 Å². The maximum absolute atomic E-state index is 10.9. The van der Waals surface area contributed by atoms with Crippen molar-refractivity contribution >= 4 is 19.1 Å². The van der Waals surface area contributed by atoms with E-state index in [1.807, 2.05) is 0 Å². The van der Waals surface area contributed by atoms with Gasteiger partial charge in [0.05, 0.1) is 13.5 Å². The maximum atomic E-state index is 10.9. The zero-order valence-electron chi connectivity index (χ0n) is 8.35. The number of methoxy groups -OCH3 is 1. The van der Waals surface area contributed by atoms with E-state index in [4.69, 9.17) is 4.89 Å². The molecular weight excluding hydrogens is 222 g/mol. The van der Waals surface area contributed by atoms with Crippen LogP contribution in [0.3, 0.4) is 0 Å². The molecule has 0 rings (SSSR count). The number of ether oxygens (including phenoxy) is 1. The number of esters is 1. The van der Waals surface area contributed by atoms with Crippen LogP contribution in [0.2, 0.25) is 0 Å². The van der Waals surface area contributed by atoms with Crippen molar-refractivity contribution in [2.75, 3.05) is 14.2 Å².